The number of carbonyl (C=O) groups is 1. The molecule has 0 saturated heterocycles. The van der Waals surface area contributed by atoms with E-state index in [2.05, 4.69) is 24.5 Å². The maximum Gasteiger partial charge on any atom is 0.224 e. The number of primary amides is 1. The summed E-state index contributed by atoms with van der Waals surface area (Å²) in [6.45, 7) is 1.83. The molecule has 0 spiro atoms. The fourth-order valence-electron chi connectivity index (χ4n) is 1.80. The van der Waals surface area contributed by atoms with Crippen molar-refractivity contribution in [1.82, 2.24) is 0 Å². The van der Waals surface area contributed by atoms with Crippen molar-refractivity contribution in [3.63, 3.8) is 0 Å². The molecule has 1 atom stereocenters. The van der Waals surface area contributed by atoms with E-state index in [4.69, 9.17) is 5.73 Å². The van der Waals surface area contributed by atoms with Crippen LogP contribution in [0.3, 0.4) is 0 Å². The minimum absolute atomic E-state index is 0.236. The highest BCUT2D eigenvalue weighted by molar-refractivity contribution is 7.98. The van der Waals surface area contributed by atoms with Gasteiger partial charge in [0.25, 0.3) is 0 Å². The van der Waals surface area contributed by atoms with Gasteiger partial charge in [0.05, 0.1) is 5.92 Å². The van der Waals surface area contributed by atoms with Crippen molar-refractivity contribution in [1.29, 1.82) is 0 Å². The topological polar surface area (TPSA) is 43.1 Å². The van der Waals surface area contributed by atoms with Crippen LogP contribution in [-0.4, -0.2) is 12.2 Å². The van der Waals surface area contributed by atoms with Gasteiger partial charge in [-0.1, -0.05) is 24.3 Å². The number of fused-ring (bicyclic) bond motifs is 1. The zero-order valence-corrected chi connectivity index (χ0v) is 10.8. The van der Waals surface area contributed by atoms with Crippen molar-refractivity contribution < 1.29 is 4.79 Å². The molecule has 0 bridgehead atoms. The van der Waals surface area contributed by atoms with Crippen molar-refractivity contribution in [2.75, 3.05) is 6.26 Å². The lowest BCUT2D eigenvalue weighted by Crippen LogP contribution is -2.18. The van der Waals surface area contributed by atoms with E-state index in [9.17, 15) is 4.79 Å². The van der Waals surface area contributed by atoms with Crippen molar-refractivity contribution >= 4 is 28.4 Å². The van der Waals surface area contributed by atoms with E-state index >= 15 is 0 Å². The molecule has 0 fully saturated rings. The van der Waals surface area contributed by atoms with Gasteiger partial charge in [-0.15, -0.1) is 11.8 Å². The van der Waals surface area contributed by atoms with Gasteiger partial charge in [-0.3, -0.25) is 4.79 Å². The number of amides is 1. The molecule has 17 heavy (non-hydrogen) atoms. The SMILES string of the molecule is CSc1ccc2cc(C(C)C(N)=O)ccc2c1. The summed E-state index contributed by atoms with van der Waals surface area (Å²) in [6, 6.07) is 12.4. The molecule has 0 aliphatic rings. The van der Waals surface area contributed by atoms with Gasteiger partial charge in [0.15, 0.2) is 0 Å². The number of benzene rings is 2. The lowest BCUT2D eigenvalue weighted by molar-refractivity contribution is -0.119. The molecule has 3 heteroatoms. The quantitative estimate of drug-likeness (QED) is 0.844. The Bertz CT molecular complexity index is 565. The van der Waals surface area contributed by atoms with Gasteiger partial charge in [-0.25, -0.2) is 0 Å². The molecule has 2 nitrogen and oxygen atoms in total. The maximum atomic E-state index is 11.2. The van der Waals surface area contributed by atoms with Crippen LogP contribution in [-0.2, 0) is 4.79 Å². The second-order valence-corrected chi connectivity index (χ2v) is 4.98. The molecule has 2 aromatic carbocycles. The predicted molar refractivity (Wildman–Crippen MR) is 73.3 cm³/mol. The summed E-state index contributed by atoms with van der Waals surface area (Å²) >= 11 is 1.72. The second kappa shape index (κ2) is 4.80. The zero-order valence-electron chi connectivity index (χ0n) is 9.94. The average Bonchev–Trinajstić information content (AvgIpc) is 2.36. The Balaban J connectivity index is 2.48. The van der Waals surface area contributed by atoms with Crippen LogP contribution in [0.1, 0.15) is 18.4 Å². The van der Waals surface area contributed by atoms with Crippen molar-refractivity contribution in [3.05, 3.63) is 42.0 Å². The van der Waals surface area contributed by atoms with Gasteiger partial charge in [0, 0.05) is 4.90 Å². The van der Waals surface area contributed by atoms with E-state index in [-0.39, 0.29) is 11.8 Å². The average molecular weight is 245 g/mol. The summed E-state index contributed by atoms with van der Waals surface area (Å²) in [4.78, 5) is 12.4. The number of rotatable bonds is 3. The van der Waals surface area contributed by atoms with Gasteiger partial charge in [-0.05, 0) is 41.6 Å². The molecule has 1 unspecified atom stereocenters. The summed E-state index contributed by atoms with van der Waals surface area (Å²) < 4.78 is 0. The van der Waals surface area contributed by atoms with E-state index < -0.39 is 0 Å². The lowest BCUT2D eigenvalue weighted by atomic mass is 9.97. The van der Waals surface area contributed by atoms with Crippen LogP contribution < -0.4 is 5.73 Å². The summed E-state index contributed by atoms with van der Waals surface area (Å²) in [5, 5.41) is 2.34. The maximum absolute atomic E-state index is 11.2. The number of nitrogens with two attached hydrogens (primary N) is 1. The highest BCUT2D eigenvalue weighted by Crippen LogP contribution is 2.25. The summed E-state index contributed by atoms with van der Waals surface area (Å²) in [7, 11) is 0. The summed E-state index contributed by atoms with van der Waals surface area (Å²) in [6.07, 6.45) is 2.06. The third-order valence-corrected chi connectivity index (χ3v) is 3.72. The number of hydrogen-bond donors (Lipinski definition) is 1. The van der Waals surface area contributed by atoms with Crippen molar-refractivity contribution in [3.8, 4) is 0 Å². The van der Waals surface area contributed by atoms with Crippen molar-refractivity contribution in [2.24, 2.45) is 5.73 Å². The Labute approximate surface area is 105 Å². The number of carbonyl (C=O) groups excluding carboxylic acids is 1. The van der Waals surface area contributed by atoms with E-state index in [1.165, 1.54) is 10.3 Å². The fourth-order valence-corrected chi connectivity index (χ4v) is 2.25. The molecular formula is C14H15NOS. The molecule has 0 radical (unpaired) electrons. The van der Waals surface area contributed by atoms with Gasteiger partial charge in [-0.2, -0.15) is 0 Å². The molecule has 0 aliphatic heterocycles. The summed E-state index contributed by atoms with van der Waals surface area (Å²) in [5.41, 5.74) is 6.29. The molecule has 2 aromatic rings. The first-order chi connectivity index (χ1) is 8.11. The second-order valence-electron chi connectivity index (χ2n) is 4.10. The first-order valence-corrected chi connectivity index (χ1v) is 6.71. The number of hydrogen-bond acceptors (Lipinski definition) is 2. The van der Waals surface area contributed by atoms with Crippen LogP contribution in [0.4, 0.5) is 0 Å². The Hall–Kier alpha value is -1.48. The van der Waals surface area contributed by atoms with E-state index in [0.29, 0.717) is 0 Å². The van der Waals surface area contributed by atoms with Crippen LogP contribution >= 0.6 is 11.8 Å². The molecule has 0 aliphatic carbocycles. The third-order valence-electron chi connectivity index (χ3n) is 3.00. The first-order valence-electron chi connectivity index (χ1n) is 5.49. The van der Waals surface area contributed by atoms with E-state index in [1.54, 1.807) is 11.8 Å². The standard InChI is InChI=1S/C14H15NOS/c1-9(14(15)16)10-3-4-12-8-13(17-2)6-5-11(12)7-10/h3-9H,1-2H3,(H2,15,16). The van der Waals surface area contributed by atoms with Crippen LogP contribution in [0.2, 0.25) is 0 Å². The van der Waals surface area contributed by atoms with Gasteiger partial charge >= 0.3 is 0 Å². The highest BCUT2D eigenvalue weighted by Gasteiger charge is 2.11. The molecule has 0 heterocycles. The van der Waals surface area contributed by atoms with Crippen LogP contribution in [0.25, 0.3) is 10.8 Å². The van der Waals surface area contributed by atoms with Crippen LogP contribution in [0.5, 0.6) is 0 Å². The largest absolute Gasteiger partial charge is 0.369 e. The monoisotopic (exact) mass is 245 g/mol. The fraction of sp³-hybridized carbons (Fsp3) is 0.214. The minimum atomic E-state index is -0.287. The zero-order chi connectivity index (χ0) is 12.4. The van der Waals surface area contributed by atoms with Gasteiger partial charge in [0.2, 0.25) is 5.91 Å². The smallest absolute Gasteiger partial charge is 0.224 e. The normalized spacial score (nSPS) is 12.6. The molecule has 1 amide bonds. The Morgan fingerprint density at radius 3 is 2.47 bits per heavy atom. The number of thioether (sulfide) groups is 1. The Kier molecular flexibility index (Phi) is 3.38. The molecule has 2 rings (SSSR count). The Morgan fingerprint density at radius 1 is 1.18 bits per heavy atom. The van der Waals surface area contributed by atoms with Gasteiger partial charge in [0.1, 0.15) is 0 Å². The Morgan fingerprint density at radius 2 is 1.82 bits per heavy atom. The molecule has 0 aromatic heterocycles. The van der Waals surface area contributed by atoms with Crippen molar-refractivity contribution in [2.45, 2.75) is 17.7 Å². The van der Waals surface area contributed by atoms with E-state index in [1.807, 2.05) is 25.1 Å². The molecular weight excluding hydrogens is 230 g/mol. The predicted octanol–water partition coefficient (Wildman–Crippen LogP) is 3.15. The van der Waals surface area contributed by atoms with Crippen LogP contribution in [0.15, 0.2) is 41.3 Å². The molecule has 0 saturated carbocycles. The summed E-state index contributed by atoms with van der Waals surface area (Å²) in [5.74, 6) is -0.523. The molecule has 2 N–H and O–H groups in total. The lowest BCUT2D eigenvalue weighted by Gasteiger charge is -2.09. The first kappa shape index (κ1) is 12.0. The van der Waals surface area contributed by atoms with Crippen LogP contribution in [0, 0.1) is 0 Å². The highest BCUT2D eigenvalue weighted by atomic mass is 32.2. The molecule has 88 valence electrons. The minimum Gasteiger partial charge on any atom is -0.369 e. The van der Waals surface area contributed by atoms with Gasteiger partial charge < -0.3 is 5.73 Å². The van der Waals surface area contributed by atoms with E-state index in [0.717, 1.165) is 10.9 Å². The third kappa shape index (κ3) is 2.44.